The van der Waals surface area contributed by atoms with Crippen LogP contribution in [0.4, 0.5) is 0 Å². The largest absolute Gasteiger partial charge is 0.478 e. The molecule has 0 spiro atoms. The number of aryl methyl sites for hydroxylation is 1. The third-order valence-electron chi connectivity index (χ3n) is 2.47. The van der Waals surface area contributed by atoms with Crippen molar-refractivity contribution in [3.63, 3.8) is 0 Å². The van der Waals surface area contributed by atoms with Crippen molar-refractivity contribution in [3.05, 3.63) is 22.7 Å². The highest BCUT2D eigenvalue weighted by Crippen LogP contribution is 2.34. The van der Waals surface area contributed by atoms with E-state index in [2.05, 4.69) is 15.4 Å². The van der Waals surface area contributed by atoms with Gasteiger partial charge in [-0.1, -0.05) is 11.6 Å². The lowest BCUT2D eigenvalue weighted by Gasteiger charge is -2.09. The molecule has 1 heterocycles. The lowest BCUT2D eigenvalue weighted by molar-refractivity contribution is 0.0697. The summed E-state index contributed by atoms with van der Waals surface area (Å²) in [5, 5.41) is 19.9. The summed E-state index contributed by atoms with van der Waals surface area (Å²) in [5.41, 5.74) is -0.302. The van der Waals surface area contributed by atoms with E-state index in [1.54, 1.807) is 0 Å². The molecular formula is C10H9ClN4O4S. The van der Waals surface area contributed by atoms with E-state index >= 15 is 0 Å². The smallest absolute Gasteiger partial charge is 0.337 e. The summed E-state index contributed by atoms with van der Waals surface area (Å²) in [6, 6.07) is 2.29. The molecule has 20 heavy (non-hydrogen) atoms. The normalized spacial score (nSPS) is 11.6. The Morgan fingerprint density at radius 1 is 1.40 bits per heavy atom. The van der Waals surface area contributed by atoms with Crippen LogP contribution in [-0.2, 0) is 16.9 Å². The van der Waals surface area contributed by atoms with Crippen molar-refractivity contribution in [2.45, 2.75) is 4.90 Å². The number of tetrazole rings is 1. The first-order valence-corrected chi connectivity index (χ1v) is 7.49. The van der Waals surface area contributed by atoms with Crippen LogP contribution in [0.1, 0.15) is 10.4 Å². The first-order chi connectivity index (χ1) is 9.21. The molecule has 10 heteroatoms. The van der Waals surface area contributed by atoms with Gasteiger partial charge in [0.2, 0.25) is 5.82 Å². The fraction of sp³-hybridized carbons (Fsp3) is 0.200. The summed E-state index contributed by atoms with van der Waals surface area (Å²) in [6.07, 6.45) is 0.985. The van der Waals surface area contributed by atoms with Gasteiger partial charge in [-0.3, -0.25) is 0 Å². The molecule has 2 aromatic rings. The van der Waals surface area contributed by atoms with Crippen molar-refractivity contribution in [1.29, 1.82) is 0 Å². The molecule has 0 unspecified atom stereocenters. The van der Waals surface area contributed by atoms with Gasteiger partial charge in [-0.05, 0) is 17.3 Å². The molecule has 0 radical (unpaired) electrons. The highest BCUT2D eigenvalue weighted by atomic mass is 35.5. The van der Waals surface area contributed by atoms with E-state index in [0.29, 0.717) is 0 Å². The molecule has 0 atom stereocenters. The van der Waals surface area contributed by atoms with E-state index in [9.17, 15) is 13.2 Å². The van der Waals surface area contributed by atoms with Gasteiger partial charge in [-0.2, -0.15) is 4.80 Å². The molecule has 0 saturated heterocycles. The average molecular weight is 317 g/mol. The summed E-state index contributed by atoms with van der Waals surface area (Å²) < 4.78 is 23.6. The van der Waals surface area contributed by atoms with E-state index in [1.807, 2.05) is 0 Å². The van der Waals surface area contributed by atoms with E-state index in [0.717, 1.165) is 23.2 Å². The number of carbonyl (C=O) groups is 1. The maximum absolute atomic E-state index is 11.8. The number of aromatic nitrogens is 4. The van der Waals surface area contributed by atoms with Crippen LogP contribution >= 0.6 is 11.6 Å². The second kappa shape index (κ2) is 4.84. The molecule has 2 rings (SSSR count). The van der Waals surface area contributed by atoms with E-state index in [4.69, 9.17) is 16.7 Å². The fourth-order valence-corrected chi connectivity index (χ4v) is 2.89. The lowest BCUT2D eigenvalue weighted by Crippen LogP contribution is -2.06. The van der Waals surface area contributed by atoms with Crippen LogP contribution in [0, 0.1) is 0 Å². The third-order valence-corrected chi connectivity index (χ3v) is 4.00. The number of aromatic carboxylic acids is 1. The van der Waals surface area contributed by atoms with Crippen LogP contribution in [0.5, 0.6) is 0 Å². The minimum atomic E-state index is -3.63. The Morgan fingerprint density at radius 2 is 2.05 bits per heavy atom. The molecule has 0 saturated carbocycles. The van der Waals surface area contributed by atoms with Crippen LogP contribution in [0.3, 0.4) is 0 Å². The summed E-state index contributed by atoms with van der Waals surface area (Å²) >= 11 is 6.00. The Hall–Kier alpha value is -2.00. The van der Waals surface area contributed by atoms with Crippen LogP contribution in [0.2, 0.25) is 5.02 Å². The Bertz CT molecular complexity index is 800. The summed E-state index contributed by atoms with van der Waals surface area (Å²) in [6.45, 7) is 0. The maximum atomic E-state index is 11.8. The van der Waals surface area contributed by atoms with Crippen molar-refractivity contribution < 1.29 is 18.3 Å². The Balaban J connectivity index is 2.86. The zero-order valence-corrected chi connectivity index (χ0v) is 12.0. The SMILES string of the molecule is Cn1nnc(-c2c(S(C)(=O)=O)ccc(C(=O)O)c2Cl)n1. The van der Waals surface area contributed by atoms with Gasteiger partial charge in [-0.15, -0.1) is 10.2 Å². The number of halogens is 1. The van der Waals surface area contributed by atoms with Gasteiger partial charge in [-0.25, -0.2) is 13.2 Å². The maximum Gasteiger partial charge on any atom is 0.337 e. The Kier molecular flexibility index (Phi) is 3.48. The summed E-state index contributed by atoms with van der Waals surface area (Å²) in [4.78, 5) is 12.0. The van der Waals surface area contributed by atoms with Gasteiger partial charge in [0.1, 0.15) is 0 Å². The molecule has 0 bridgehead atoms. The topological polar surface area (TPSA) is 115 Å². The molecule has 1 N–H and O–H groups in total. The Morgan fingerprint density at radius 3 is 2.50 bits per heavy atom. The quantitative estimate of drug-likeness (QED) is 0.883. The van der Waals surface area contributed by atoms with Gasteiger partial charge in [0.05, 0.1) is 28.1 Å². The molecular weight excluding hydrogens is 308 g/mol. The molecule has 0 aliphatic carbocycles. The predicted molar refractivity (Wildman–Crippen MR) is 69.3 cm³/mol. The minimum Gasteiger partial charge on any atom is -0.478 e. The van der Waals surface area contributed by atoms with E-state index in [1.165, 1.54) is 7.05 Å². The molecule has 0 aliphatic heterocycles. The third kappa shape index (κ3) is 2.49. The van der Waals surface area contributed by atoms with Gasteiger partial charge >= 0.3 is 5.97 Å². The van der Waals surface area contributed by atoms with Gasteiger partial charge in [0.15, 0.2) is 9.84 Å². The first-order valence-electron chi connectivity index (χ1n) is 5.22. The van der Waals surface area contributed by atoms with Crippen molar-refractivity contribution in [3.8, 4) is 11.4 Å². The van der Waals surface area contributed by atoms with Gasteiger partial charge < -0.3 is 5.11 Å². The van der Waals surface area contributed by atoms with Crippen LogP contribution < -0.4 is 0 Å². The number of sulfone groups is 1. The second-order valence-corrected chi connectivity index (χ2v) is 6.34. The average Bonchev–Trinajstić information content (AvgIpc) is 2.73. The lowest BCUT2D eigenvalue weighted by atomic mass is 10.1. The zero-order valence-electron chi connectivity index (χ0n) is 10.4. The number of benzene rings is 1. The molecule has 106 valence electrons. The standard InChI is InChI=1S/C10H9ClN4O4S/c1-15-13-9(12-14-15)7-6(20(2,18)19)4-3-5(8(7)11)10(16)17/h3-4H,1-2H3,(H,16,17). The van der Waals surface area contributed by atoms with E-state index in [-0.39, 0.29) is 26.9 Å². The number of hydrogen-bond acceptors (Lipinski definition) is 6. The van der Waals surface area contributed by atoms with E-state index < -0.39 is 15.8 Å². The van der Waals surface area contributed by atoms with Crippen molar-refractivity contribution in [1.82, 2.24) is 20.2 Å². The van der Waals surface area contributed by atoms with Crippen LogP contribution in [0.15, 0.2) is 17.0 Å². The van der Waals surface area contributed by atoms with Gasteiger partial charge in [0, 0.05) is 6.26 Å². The van der Waals surface area contributed by atoms with Crippen molar-refractivity contribution in [2.24, 2.45) is 7.05 Å². The highest BCUT2D eigenvalue weighted by molar-refractivity contribution is 7.90. The molecule has 0 aliphatic rings. The number of carboxylic acids is 1. The van der Waals surface area contributed by atoms with Gasteiger partial charge in [0.25, 0.3) is 0 Å². The predicted octanol–water partition coefficient (Wildman–Crippen LogP) is 0.632. The molecule has 8 nitrogen and oxygen atoms in total. The highest BCUT2D eigenvalue weighted by Gasteiger charge is 2.25. The minimum absolute atomic E-state index is 0.0546. The monoisotopic (exact) mass is 316 g/mol. The summed E-state index contributed by atoms with van der Waals surface area (Å²) in [5.74, 6) is -1.33. The number of nitrogens with zero attached hydrogens (tertiary/aromatic N) is 4. The number of hydrogen-bond donors (Lipinski definition) is 1. The second-order valence-electron chi connectivity index (χ2n) is 3.98. The number of rotatable bonds is 3. The molecule has 1 aromatic heterocycles. The first kappa shape index (κ1) is 14.4. The van der Waals surface area contributed by atoms with Crippen molar-refractivity contribution in [2.75, 3.05) is 6.26 Å². The molecule has 1 aromatic carbocycles. The van der Waals surface area contributed by atoms with Crippen LogP contribution in [-0.4, -0.2) is 46.0 Å². The fourth-order valence-electron chi connectivity index (χ4n) is 1.63. The van der Waals surface area contributed by atoms with Crippen molar-refractivity contribution >= 4 is 27.4 Å². The zero-order chi connectivity index (χ0) is 15.1. The Labute approximate surface area is 118 Å². The molecule has 0 amide bonds. The molecule has 0 fully saturated rings. The summed E-state index contributed by atoms with van der Waals surface area (Å²) in [7, 11) is -2.14. The van der Waals surface area contributed by atoms with Crippen LogP contribution in [0.25, 0.3) is 11.4 Å². The number of carboxylic acid groups (broad SMARTS) is 1.